The van der Waals surface area contributed by atoms with E-state index >= 15 is 0 Å². The molecule has 0 aliphatic rings. The number of nitrogens with zero attached hydrogens (tertiary/aromatic N) is 1. The number of aryl methyl sites for hydroxylation is 1. The monoisotopic (exact) mass is 220 g/mol. The molecule has 0 bridgehead atoms. The highest BCUT2D eigenvalue weighted by Gasteiger charge is 2.21. The summed E-state index contributed by atoms with van der Waals surface area (Å²) < 4.78 is 1.18. The highest BCUT2D eigenvalue weighted by molar-refractivity contribution is 7.22. The molecule has 1 aromatic carbocycles. The number of hydrogen-bond acceptors (Lipinski definition) is 3. The molecule has 0 aliphatic heterocycles. The Labute approximate surface area is 94.1 Å². The van der Waals surface area contributed by atoms with Crippen LogP contribution in [0, 0.1) is 6.92 Å². The van der Waals surface area contributed by atoms with Crippen LogP contribution in [-0.2, 0) is 5.41 Å². The van der Waals surface area contributed by atoms with E-state index < -0.39 is 0 Å². The van der Waals surface area contributed by atoms with E-state index in [2.05, 4.69) is 44.8 Å². The van der Waals surface area contributed by atoms with Crippen LogP contribution in [0.15, 0.2) is 12.1 Å². The fourth-order valence-corrected chi connectivity index (χ4v) is 2.80. The van der Waals surface area contributed by atoms with Gasteiger partial charge in [-0.05, 0) is 29.5 Å². The van der Waals surface area contributed by atoms with E-state index in [1.165, 1.54) is 15.8 Å². The fraction of sp³-hybridized carbons (Fsp3) is 0.417. The molecule has 2 rings (SSSR count). The first-order chi connectivity index (χ1) is 6.89. The van der Waals surface area contributed by atoms with Gasteiger partial charge in [-0.25, -0.2) is 4.98 Å². The molecular formula is C12H16N2S. The van der Waals surface area contributed by atoms with Crippen molar-refractivity contribution in [2.45, 2.75) is 33.1 Å². The summed E-state index contributed by atoms with van der Waals surface area (Å²) in [6, 6.07) is 4.26. The molecule has 2 N–H and O–H groups in total. The van der Waals surface area contributed by atoms with E-state index in [0.29, 0.717) is 5.13 Å². The Morgan fingerprint density at radius 3 is 2.53 bits per heavy atom. The number of aromatic nitrogens is 1. The Balaban J connectivity index is 2.85. The highest BCUT2D eigenvalue weighted by Crippen LogP contribution is 2.35. The summed E-state index contributed by atoms with van der Waals surface area (Å²) in [7, 11) is 0. The summed E-state index contributed by atoms with van der Waals surface area (Å²) in [5.74, 6) is 0. The summed E-state index contributed by atoms with van der Waals surface area (Å²) in [6.07, 6.45) is 0. The second kappa shape index (κ2) is 3.20. The SMILES string of the molecule is Cc1ccc2sc(N)nc2c1C(C)(C)C. The lowest BCUT2D eigenvalue weighted by atomic mass is 9.83. The number of benzene rings is 1. The van der Waals surface area contributed by atoms with E-state index in [9.17, 15) is 0 Å². The maximum Gasteiger partial charge on any atom is 0.181 e. The van der Waals surface area contributed by atoms with Gasteiger partial charge in [0.25, 0.3) is 0 Å². The molecule has 1 heterocycles. The first-order valence-electron chi connectivity index (χ1n) is 5.05. The van der Waals surface area contributed by atoms with Gasteiger partial charge in [0, 0.05) is 0 Å². The molecule has 0 aliphatic carbocycles. The predicted molar refractivity (Wildman–Crippen MR) is 67.5 cm³/mol. The Morgan fingerprint density at radius 1 is 1.27 bits per heavy atom. The molecule has 0 saturated heterocycles. The second-order valence-corrected chi connectivity index (χ2v) is 5.97. The Hall–Kier alpha value is -1.09. The van der Waals surface area contributed by atoms with Gasteiger partial charge in [0.2, 0.25) is 0 Å². The summed E-state index contributed by atoms with van der Waals surface area (Å²) >= 11 is 1.56. The van der Waals surface area contributed by atoms with E-state index in [0.717, 1.165) is 5.52 Å². The Kier molecular flexibility index (Phi) is 2.23. The molecule has 0 atom stereocenters. The molecular weight excluding hydrogens is 204 g/mol. The standard InChI is InChI=1S/C12H16N2S/c1-7-5-6-8-10(14-11(13)15-8)9(7)12(2,3)4/h5-6H,1-4H3,(H2,13,14). The van der Waals surface area contributed by atoms with Crippen LogP contribution in [0.25, 0.3) is 10.2 Å². The third kappa shape index (κ3) is 1.72. The number of nitrogens with two attached hydrogens (primary N) is 1. The molecule has 2 aromatic rings. The van der Waals surface area contributed by atoms with E-state index in [1.807, 2.05) is 0 Å². The number of fused-ring (bicyclic) bond motifs is 1. The van der Waals surface area contributed by atoms with Crippen LogP contribution in [0.1, 0.15) is 31.9 Å². The fourth-order valence-electron chi connectivity index (χ4n) is 2.06. The van der Waals surface area contributed by atoms with Crippen LogP contribution in [0.5, 0.6) is 0 Å². The van der Waals surface area contributed by atoms with Gasteiger partial charge in [0.1, 0.15) is 0 Å². The average molecular weight is 220 g/mol. The van der Waals surface area contributed by atoms with Gasteiger partial charge in [-0.2, -0.15) is 0 Å². The molecule has 0 spiro atoms. The van der Waals surface area contributed by atoms with Crippen molar-refractivity contribution in [2.24, 2.45) is 0 Å². The van der Waals surface area contributed by atoms with Crippen molar-refractivity contribution >= 4 is 26.7 Å². The largest absolute Gasteiger partial charge is 0.375 e. The number of hydrogen-bond donors (Lipinski definition) is 1. The lowest BCUT2D eigenvalue weighted by molar-refractivity contribution is 0.591. The zero-order valence-electron chi connectivity index (χ0n) is 9.59. The van der Waals surface area contributed by atoms with Crippen LogP contribution in [-0.4, -0.2) is 4.98 Å². The number of anilines is 1. The van der Waals surface area contributed by atoms with Crippen molar-refractivity contribution in [1.29, 1.82) is 0 Å². The molecule has 3 heteroatoms. The highest BCUT2D eigenvalue weighted by atomic mass is 32.1. The van der Waals surface area contributed by atoms with Crippen molar-refractivity contribution in [3.63, 3.8) is 0 Å². The van der Waals surface area contributed by atoms with Crippen molar-refractivity contribution in [2.75, 3.05) is 5.73 Å². The topological polar surface area (TPSA) is 38.9 Å². The van der Waals surface area contributed by atoms with Crippen LogP contribution in [0.2, 0.25) is 0 Å². The molecule has 80 valence electrons. The van der Waals surface area contributed by atoms with Gasteiger partial charge in [-0.3, -0.25) is 0 Å². The Morgan fingerprint density at radius 2 is 1.93 bits per heavy atom. The lowest BCUT2D eigenvalue weighted by Crippen LogP contribution is -2.13. The van der Waals surface area contributed by atoms with Gasteiger partial charge >= 0.3 is 0 Å². The molecule has 0 radical (unpaired) electrons. The van der Waals surface area contributed by atoms with Crippen LogP contribution < -0.4 is 5.73 Å². The summed E-state index contributed by atoms with van der Waals surface area (Å²) in [4.78, 5) is 4.44. The molecule has 2 nitrogen and oxygen atoms in total. The molecule has 0 unspecified atom stereocenters. The zero-order valence-corrected chi connectivity index (χ0v) is 10.4. The van der Waals surface area contributed by atoms with E-state index in [1.54, 1.807) is 11.3 Å². The predicted octanol–water partition coefficient (Wildman–Crippen LogP) is 3.48. The van der Waals surface area contributed by atoms with Crippen molar-refractivity contribution < 1.29 is 0 Å². The zero-order chi connectivity index (χ0) is 11.2. The average Bonchev–Trinajstić information content (AvgIpc) is 2.41. The van der Waals surface area contributed by atoms with Crippen LogP contribution in [0.3, 0.4) is 0 Å². The molecule has 1 aromatic heterocycles. The third-order valence-electron chi connectivity index (χ3n) is 2.54. The maximum absolute atomic E-state index is 5.76. The minimum absolute atomic E-state index is 0.115. The van der Waals surface area contributed by atoms with Crippen molar-refractivity contribution in [1.82, 2.24) is 4.98 Å². The first kappa shape index (κ1) is 10.4. The van der Waals surface area contributed by atoms with Crippen molar-refractivity contribution in [3.05, 3.63) is 23.3 Å². The Bertz CT molecular complexity index is 506. The van der Waals surface area contributed by atoms with Crippen molar-refractivity contribution in [3.8, 4) is 0 Å². The number of thiazole rings is 1. The first-order valence-corrected chi connectivity index (χ1v) is 5.87. The quantitative estimate of drug-likeness (QED) is 0.738. The number of rotatable bonds is 0. The van der Waals surface area contributed by atoms with Gasteiger partial charge in [0.05, 0.1) is 10.2 Å². The summed E-state index contributed by atoms with van der Waals surface area (Å²) in [5, 5.41) is 0.654. The summed E-state index contributed by atoms with van der Waals surface area (Å²) in [6.45, 7) is 8.77. The van der Waals surface area contributed by atoms with Crippen LogP contribution >= 0.6 is 11.3 Å². The molecule has 0 fully saturated rings. The lowest BCUT2D eigenvalue weighted by Gasteiger charge is -2.21. The number of nitrogen functional groups attached to an aromatic ring is 1. The minimum atomic E-state index is 0.115. The normalized spacial score (nSPS) is 12.3. The minimum Gasteiger partial charge on any atom is -0.375 e. The smallest absolute Gasteiger partial charge is 0.181 e. The molecule has 0 amide bonds. The van der Waals surface area contributed by atoms with E-state index in [-0.39, 0.29) is 5.41 Å². The second-order valence-electron chi connectivity index (χ2n) is 4.91. The van der Waals surface area contributed by atoms with Gasteiger partial charge in [-0.1, -0.05) is 38.2 Å². The van der Waals surface area contributed by atoms with Gasteiger partial charge in [-0.15, -0.1) is 0 Å². The van der Waals surface area contributed by atoms with Gasteiger partial charge in [0.15, 0.2) is 5.13 Å². The van der Waals surface area contributed by atoms with Gasteiger partial charge < -0.3 is 5.73 Å². The molecule has 0 saturated carbocycles. The van der Waals surface area contributed by atoms with Crippen LogP contribution in [0.4, 0.5) is 5.13 Å². The third-order valence-corrected chi connectivity index (χ3v) is 3.39. The van der Waals surface area contributed by atoms with E-state index in [4.69, 9.17) is 5.73 Å². The molecule has 15 heavy (non-hydrogen) atoms. The summed E-state index contributed by atoms with van der Waals surface area (Å²) in [5.41, 5.74) is 9.55. The maximum atomic E-state index is 5.76.